The molecule has 0 unspecified atom stereocenters. The van der Waals surface area contributed by atoms with Crippen LogP contribution in [0.1, 0.15) is 51.2 Å². The predicted molar refractivity (Wildman–Crippen MR) is 148 cm³/mol. The number of para-hydroxylation sites is 1. The molecule has 200 valence electrons. The van der Waals surface area contributed by atoms with Gasteiger partial charge in [-0.15, -0.1) is 0 Å². The van der Waals surface area contributed by atoms with Crippen LogP contribution in [0.4, 0.5) is 5.69 Å². The van der Waals surface area contributed by atoms with E-state index in [2.05, 4.69) is 39.2 Å². The molecule has 2 aliphatic heterocycles. The molecule has 2 atom stereocenters. The van der Waals surface area contributed by atoms with E-state index in [9.17, 15) is 18.0 Å². The van der Waals surface area contributed by atoms with E-state index in [1.54, 1.807) is 24.3 Å². The van der Waals surface area contributed by atoms with Gasteiger partial charge in [-0.05, 0) is 55.2 Å². The summed E-state index contributed by atoms with van der Waals surface area (Å²) in [6.45, 7) is 13.1. The number of carbonyl (C=O) groups is 2. The first-order valence-corrected chi connectivity index (χ1v) is 17.2. The molecule has 2 aromatic rings. The van der Waals surface area contributed by atoms with Crippen LogP contribution in [0.25, 0.3) is 0 Å². The van der Waals surface area contributed by atoms with Gasteiger partial charge in [-0.1, -0.05) is 56.7 Å². The standard InChI is InChI=1S/C28H38N2O5SSi/c1-20-11-13-22(14-12-20)36(33,34)30-17-16-28(23-9-7-8-10-24(23)29-26(28)32)25(30)19-21(31)15-18-35-37(5,6)27(2,3)4/h7-14,25H,15-19H2,1-6H3,(H,29,32)/t25-,28+/m1/s1. The van der Waals surface area contributed by atoms with Gasteiger partial charge >= 0.3 is 0 Å². The van der Waals surface area contributed by atoms with Gasteiger partial charge in [-0.25, -0.2) is 8.42 Å². The van der Waals surface area contributed by atoms with Crippen LogP contribution < -0.4 is 5.32 Å². The summed E-state index contributed by atoms with van der Waals surface area (Å²) in [5, 5.41) is 2.97. The van der Waals surface area contributed by atoms with E-state index >= 15 is 0 Å². The second-order valence-corrected chi connectivity index (χ2v) is 18.5. The predicted octanol–water partition coefficient (Wildman–Crippen LogP) is 5.02. The van der Waals surface area contributed by atoms with Crippen molar-refractivity contribution in [1.82, 2.24) is 4.31 Å². The highest BCUT2D eigenvalue weighted by atomic mass is 32.2. The lowest BCUT2D eigenvalue weighted by Gasteiger charge is -2.36. The summed E-state index contributed by atoms with van der Waals surface area (Å²) in [6.07, 6.45) is 0.452. The smallest absolute Gasteiger partial charge is 0.243 e. The van der Waals surface area contributed by atoms with Gasteiger partial charge < -0.3 is 9.74 Å². The number of aryl methyl sites for hydroxylation is 1. The molecular formula is C28H38N2O5SSi. The molecule has 1 spiro atoms. The molecule has 0 aromatic heterocycles. The van der Waals surface area contributed by atoms with Crippen molar-refractivity contribution >= 4 is 35.7 Å². The Labute approximate surface area is 221 Å². The zero-order chi connectivity index (χ0) is 27.2. The highest BCUT2D eigenvalue weighted by Crippen LogP contribution is 2.50. The number of benzene rings is 2. The first-order chi connectivity index (χ1) is 17.2. The van der Waals surface area contributed by atoms with Crippen LogP contribution in [0, 0.1) is 6.92 Å². The Balaban J connectivity index is 1.65. The third kappa shape index (κ3) is 4.94. The van der Waals surface area contributed by atoms with Crippen molar-refractivity contribution in [3.8, 4) is 0 Å². The average molecular weight is 543 g/mol. The summed E-state index contributed by atoms with van der Waals surface area (Å²) in [5.74, 6) is -0.350. The summed E-state index contributed by atoms with van der Waals surface area (Å²) in [7, 11) is -5.95. The zero-order valence-electron chi connectivity index (χ0n) is 22.6. The SMILES string of the molecule is Cc1ccc(S(=O)(=O)N2CC[C@@]3(C(=O)Nc4ccccc43)[C@H]2CC(=O)CCO[Si](C)(C)C(C)(C)C)cc1. The number of hydrogen-bond donors (Lipinski definition) is 1. The quantitative estimate of drug-likeness (QED) is 0.473. The molecular weight excluding hydrogens is 504 g/mol. The van der Waals surface area contributed by atoms with Gasteiger partial charge in [-0.3, -0.25) is 9.59 Å². The van der Waals surface area contributed by atoms with E-state index in [-0.39, 0.29) is 41.0 Å². The fourth-order valence-electron chi connectivity index (χ4n) is 5.13. The summed E-state index contributed by atoms with van der Waals surface area (Å²) >= 11 is 0. The summed E-state index contributed by atoms with van der Waals surface area (Å²) in [4.78, 5) is 27.0. The first kappa shape index (κ1) is 27.7. The van der Waals surface area contributed by atoms with Crippen LogP contribution >= 0.6 is 0 Å². The second kappa shape index (κ2) is 9.76. The van der Waals surface area contributed by atoms with E-state index in [0.29, 0.717) is 18.7 Å². The monoisotopic (exact) mass is 542 g/mol. The van der Waals surface area contributed by atoms with Crippen molar-refractivity contribution in [2.75, 3.05) is 18.5 Å². The molecule has 0 saturated carbocycles. The number of nitrogens with zero attached hydrogens (tertiary/aromatic N) is 1. The number of sulfonamides is 1. The molecule has 2 aliphatic rings. The van der Waals surface area contributed by atoms with Crippen LogP contribution in [0.15, 0.2) is 53.4 Å². The zero-order valence-corrected chi connectivity index (χ0v) is 24.4. The minimum absolute atomic E-state index is 0.0239. The van der Waals surface area contributed by atoms with Gasteiger partial charge in [0.2, 0.25) is 15.9 Å². The maximum absolute atomic E-state index is 13.8. The van der Waals surface area contributed by atoms with E-state index in [4.69, 9.17) is 4.43 Å². The second-order valence-electron chi connectivity index (χ2n) is 11.8. The van der Waals surface area contributed by atoms with E-state index < -0.39 is 29.8 Å². The van der Waals surface area contributed by atoms with Gasteiger partial charge in [0.25, 0.3) is 0 Å². The van der Waals surface area contributed by atoms with Crippen molar-refractivity contribution in [2.45, 2.75) is 81.4 Å². The third-order valence-corrected chi connectivity index (χ3v) is 14.9. The Bertz CT molecular complexity index is 1300. The summed E-state index contributed by atoms with van der Waals surface area (Å²) in [5.41, 5.74) is 1.29. The molecule has 2 aromatic carbocycles. The summed E-state index contributed by atoms with van der Waals surface area (Å²) in [6, 6.07) is 13.3. The minimum Gasteiger partial charge on any atom is -0.416 e. The lowest BCUT2D eigenvalue weighted by molar-refractivity contribution is -0.123. The molecule has 1 amide bonds. The topological polar surface area (TPSA) is 92.8 Å². The Morgan fingerprint density at radius 1 is 1.14 bits per heavy atom. The number of rotatable bonds is 8. The number of carbonyl (C=O) groups excluding carboxylic acids is 2. The van der Waals surface area contributed by atoms with Crippen molar-refractivity contribution in [3.05, 3.63) is 59.7 Å². The van der Waals surface area contributed by atoms with E-state index in [1.807, 2.05) is 31.2 Å². The average Bonchev–Trinajstić information content (AvgIpc) is 3.32. The molecule has 1 N–H and O–H groups in total. The maximum Gasteiger partial charge on any atom is 0.243 e. The third-order valence-electron chi connectivity index (χ3n) is 8.40. The molecule has 4 rings (SSSR count). The van der Waals surface area contributed by atoms with Crippen LogP contribution in [0.3, 0.4) is 0 Å². The van der Waals surface area contributed by atoms with Gasteiger partial charge in [0, 0.05) is 31.7 Å². The Hall–Kier alpha value is -2.33. The van der Waals surface area contributed by atoms with Gasteiger partial charge in [-0.2, -0.15) is 4.31 Å². The van der Waals surface area contributed by atoms with Crippen molar-refractivity contribution in [1.29, 1.82) is 0 Å². The molecule has 0 bridgehead atoms. The fourth-order valence-corrected chi connectivity index (χ4v) is 7.85. The van der Waals surface area contributed by atoms with Crippen molar-refractivity contribution < 1.29 is 22.4 Å². The van der Waals surface area contributed by atoms with Gasteiger partial charge in [0.1, 0.15) is 5.78 Å². The van der Waals surface area contributed by atoms with Gasteiger partial charge in [0.15, 0.2) is 8.32 Å². The first-order valence-electron chi connectivity index (χ1n) is 12.9. The molecule has 0 radical (unpaired) electrons. The largest absolute Gasteiger partial charge is 0.416 e. The van der Waals surface area contributed by atoms with Crippen molar-refractivity contribution in [3.63, 3.8) is 0 Å². The molecule has 1 fully saturated rings. The number of Topliss-reactive ketones (excluding diaryl/α,β-unsaturated/α-hetero) is 1. The molecule has 1 saturated heterocycles. The van der Waals surface area contributed by atoms with Crippen LogP contribution in [-0.2, 0) is 29.5 Å². The Morgan fingerprint density at radius 3 is 2.43 bits per heavy atom. The highest BCUT2D eigenvalue weighted by molar-refractivity contribution is 7.89. The number of fused-ring (bicyclic) bond motifs is 2. The van der Waals surface area contributed by atoms with E-state index in [0.717, 1.165) is 11.1 Å². The highest BCUT2D eigenvalue weighted by Gasteiger charge is 2.60. The minimum atomic E-state index is -3.93. The number of nitrogens with one attached hydrogen (secondary N) is 1. The molecule has 7 nitrogen and oxygen atoms in total. The fraction of sp³-hybridized carbons (Fsp3) is 0.500. The van der Waals surface area contributed by atoms with Gasteiger partial charge in [0.05, 0.1) is 16.4 Å². The maximum atomic E-state index is 13.8. The Morgan fingerprint density at radius 2 is 1.78 bits per heavy atom. The number of ketones is 1. The molecule has 37 heavy (non-hydrogen) atoms. The van der Waals surface area contributed by atoms with Crippen LogP contribution in [0.5, 0.6) is 0 Å². The number of anilines is 1. The van der Waals surface area contributed by atoms with Crippen LogP contribution in [-0.4, -0.2) is 51.9 Å². The number of amides is 1. The Kier molecular flexibility index (Phi) is 7.31. The molecule has 2 heterocycles. The number of hydrogen-bond acceptors (Lipinski definition) is 5. The van der Waals surface area contributed by atoms with E-state index in [1.165, 1.54) is 4.31 Å². The molecule has 9 heteroatoms. The molecule has 0 aliphatic carbocycles. The lowest BCUT2D eigenvalue weighted by Crippen LogP contribution is -2.49. The lowest BCUT2D eigenvalue weighted by atomic mass is 9.73. The summed E-state index contributed by atoms with van der Waals surface area (Å²) < 4.78 is 35.2. The normalized spacial score (nSPS) is 22.3. The van der Waals surface area contributed by atoms with Crippen LogP contribution in [0.2, 0.25) is 18.1 Å². The van der Waals surface area contributed by atoms with Crippen molar-refractivity contribution in [2.24, 2.45) is 0 Å².